The van der Waals surface area contributed by atoms with Crippen molar-refractivity contribution in [2.75, 3.05) is 31.6 Å². The first-order chi connectivity index (χ1) is 9.36. The van der Waals surface area contributed by atoms with Crippen LogP contribution in [0.3, 0.4) is 0 Å². The maximum atomic E-state index is 5.75. The Morgan fingerprint density at radius 1 is 1.42 bits per heavy atom. The number of hydrogen-bond donors (Lipinski definition) is 1. The van der Waals surface area contributed by atoms with Crippen molar-refractivity contribution in [3.63, 3.8) is 0 Å². The van der Waals surface area contributed by atoms with Crippen molar-refractivity contribution in [3.05, 3.63) is 29.3 Å². The van der Waals surface area contributed by atoms with Crippen LogP contribution in [0.5, 0.6) is 0 Å². The van der Waals surface area contributed by atoms with Crippen molar-refractivity contribution in [2.45, 2.75) is 38.8 Å². The lowest BCUT2D eigenvalue weighted by Gasteiger charge is -2.33. The molecule has 0 bridgehead atoms. The minimum atomic E-state index is 0.423. The van der Waals surface area contributed by atoms with Gasteiger partial charge in [0.1, 0.15) is 0 Å². The fraction of sp³-hybridized carbons (Fsp3) is 0.625. The monoisotopic (exact) mass is 260 g/mol. The summed E-state index contributed by atoms with van der Waals surface area (Å²) in [5.74, 6) is 0. The third kappa shape index (κ3) is 2.93. The summed E-state index contributed by atoms with van der Waals surface area (Å²) in [6.07, 6.45) is 4.02. The van der Waals surface area contributed by atoms with E-state index in [1.165, 1.54) is 29.7 Å². The summed E-state index contributed by atoms with van der Waals surface area (Å²) in [5, 5.41) is 3.52. The van der Waals surface area contributed by atoms with Crippen LogP contribution in [-0.2, 0) is 17.7 Å². The molecule has 1 N–H and O–H groups in total. The second-order valence-electron chi connectivity index (χ2n) is 5.61. The van der Waals surface area contributed by atoms with Crippen molar-refractivity contribution < 1.29 is 4.74 Å². The Kier molecular flexibility index (Phi) is 4.04. The Labute approximate surface area is 115 Å². The van der Waals surface area contributed by atoms with Gasteiger partial charge in [0.25, 0.3) is 0 Å². The molecule has 0 radical (unpaired) electrons. The van der Waals surface area contributed by atoms with Crippen LogP contribution in [0.4, 0.5) is 5.69 Å². The van der Waals surface area contributed by atoms with Gasteiger partial charge in [-0.25, -0.2) is 0 Å². The van der Waals surface area contributed by atoms with Crippen LogP contribution in [-0.4, -0.2) is 37.2 Å². The van der Waals surface area contributed by atoms with Crippen LogP contribution in [0.2, 0.25) is 0 Å². The highest BCUT2D eigenvalue weighted by Crippen LogP contribution is 2.26. The van der Waals surface area contributed by atoms with E-state index in [9.17, 15) is 0 Å². The van der Waals surface area contributed by atoms with Crippen molar-refractivity contribution in [1.82, 2.24) is 4.90 Å². The summed E-state index contributed by atoms with van der Waals surface area (Å²) in [6.45, 7) is 7.42. The second kappa shape index (κ2) is 5.93. The first-order valence-electron chi connectivity index (χ1n) is 7.55. The number of hydrogen-bond acceptors (Lipinski definition) is 3. The molecular weight excluding hydrogens is 236 g/mol. The first-order valence-corrected chi connectivity index (χ1v) is 7.55. The van der Waals surface area contributed by atoms with Crippen molar-refractivity contribution in [2.24, 2.45) is 0 Å². The zero-order valence-electron chi connectivity index (χ0n) is 11.8. The molecule has 1 atom stereocenters. The van der Waals surface area contributed by atoms with Crippen LogP contribution in [0.1, 0.15) is 30.9 Å². The van der Waals surface area contributed by atoms with Gasteiger partial charge >= 0.3 is 0 Å². The number of fused-ring (bicyclic) bond motifs is 1. The lowest BCUT2D eigenvalue weighted by Crippen LogP contribution is -2.41. The van der Waals surface area contributed by atoms with Gasteiger partial charge in [0.2, 0.25) is 0 Å². The van der Waals surface area contributed by atoms with E-state index in [0.717, 1.165) is 39.2 Å². The minimum Gasteiger partial charge on any atom is -0.385 e. The standard InChI is InChI=1S/C16H24N2O/c1-2-14-12-18(9-10-19-14)11-13-5-3-7-16-15(13)6-4-8-17-16/h3,5,7,14,17H,2,4,6,8-12H2,1H3. The average Bonchev–Trinajstić information content (AvgIpc) is 2.48. The Morgan fingerprint density at radius 3 is 3.26 bits per heavy atom. The maximum absolute atomic E-state index is 5.75. The summed E-state index contributed by atoms with van der Waals surface area (Å²) in [7, 11) is 0. The SMILES string of the molecule is CCC1CN(Cc2cccc3c2CCCN3)CCO1. The molecule has 1 fully saturated rings. The summed E-state index contributed by atoms with van der Waals surface area (Å²) >= 11 is 0. The van der Waals surface area contributed by atoms with Crippen LogP contribution < -0.4 is 5.32 Å². The third-order valence-electron chi connectivity index (χ3n) is 4.26. The highest BCUT2D eigenvalue weighted by Gasteiger charge is 2.20. The number of rotatable bonds is 3. The van der Waals surface area contributed by atoms with Crippen molar-refractivity contribution in [3.8, 4) is 0 Å². The van der Waals surface area contributed by atoms with Gasteiger partial charge in [0.15, 0.2) is 0 Å². The smallest absolute Gasteiger partial charge is 0.0700 e. The topological polar surface area (TPSA) is 24.5 Å². The van der Waals surface area contributed by atoms with Gasteiger partial charge in [-0.1, -0.05) is 19.1 Å². The molecule has 2 aliphatic rings. The van der Waals surface area contributed by atoms with Gasteiger partial charge < -0.3 is 10.1 Å². The Hall–Kier alpha value is -1.06. The molecule has 1 aromatic rings. The van der Waals surface area contributed by atoms with Gasteiger partial charge in [-0.2, -0.15) is 0 Å². The Bertz CT molecular complexity index is 433. The van der Waals surface area contributed by atoms with E-state index < -0.39 is 0 Å². The summed E-state index contributed by atoms with van der Waals surface area (Å²) < 4.78 is 5.75. The van der Waals surface area contributed by atoms with Crippen LogP contribution in [0.15, 0.2) is 18.2 Å². The molecule has 2 heterocycles. The molecule has 0 aromatic heterocycles. The largest absolute Gasteiger partial charge is 0.385 e. The molecule has 0 aliphatic carbocycles. The molecule has 104 valence electrons. The molecule has 19 heavy (non-hydrogen) atoms. The maximum Gasteiger partial charge on any atom is 0.0700 e. The molecule has 3 rings (SSSR count). The van der Waals surface area contributed by atoms with Gasteiger partial charge in [-0.3, -0.25) is 4.90 Å². The minimum absolute atomic E-state index is 0.423. The molecule has 0 saturated carbocycles. The number of anilines is 1. The summed E-state index contributed by atoms with van der Waals surface area (Å²) in [6, 6.07) is 6.69. The van der Waals surface area contributed by atoms with E-state index >= 15 is 0 Å². The molecule has 0 amide bonds. The van der Waals surface area contributed by atoms with E-state index in [1.54, 1.807) is 0 Å². The predicted octanol–water partition coefficient (Wildman–Crippen LogP) is 2.66. The highest BCUT2D eigenvalue weighted by atomic mass is 16.5. The number of morpholine rings is 1. The lowest BCUT2D eigenvalue weighted by atomic mass is 9.97. The molecular formula is C16H24N2O. The van der Waals surface area contributed by atoms with Gasteiger partial charge in [0, 0.05) is 31.9 Å². The lowest BCUT2D eigenvalue weighted by molar-refractivity contribution is -0.0325. The number of ether oxygens (including phenoxy) is 1. The van der Waals surface area contributed by atoms with Gasteiger partial charge in [0.05, 0.1) is 12.7 Å². The number of benzene rings is 1. The van der Waals surface area contributed by atoms with E-state index in [0.29, 0.717) is 6.10 Å². The molecule has 0 spiro atoms. The first kappa shape index (κ1) is 12.9. The third-order valence-corrected chi connectivity index (χ3v) is 4.26. The summed E-state index contributed by atoms with van der Waals surface area (Å²) in [5.41, 5.74) is 4.39. The van der Waals surface area contributed by atoms with Crippen LogP contribution >= 0.6 is 0 Å². The summed E-state index contributed by atoms with van der Waals surface area (Å²) in [4.78, 5) is 2.54. The molecule has 1 saturated heterocycles. The Morgan fingerprint density at radius 2 is 2.37 bits per heavy atom. The van der Waals surface area contributed by atoms with E-state index in [4.69, 9.17) is 4.74 Å². The second-order valence-corrected chi connectivity index (χ2v) is 5.61. The number of nitrogens with zero attached hydrogens (tertiary/aromatic N) is 1. The molecule has 2 aliphatic heterocycles. The normalized spacial score (nSPS) is 23.7. The van der Waals surface area contributed by atoms with E-state index in [2.05, 4.69) is 35.3 Å². The van der Waals surface area contributed by atoms with Gasteiger partial charge in [-0.15, -0.1) is 0 Å². The van der Waals surface area contributed by atoms with Crippen molar-refractivity contribution >= 4 is 5.69 Å². The number of nitrogens with one attached hydrogen (secondary N) is 1. The molecule has 3 nitrogen and oxygen atoms in total. The zero-order valence-corrected chi connectivity index (χ0v) is 11.8. The highest BCUT2D eigenvalue weighted by molar-refractivity contribution is 5.56. The van der Waals surface area contributed by atoms with Crippen molar-refractivity contribution in [1.29, 1.82) is 0 Å². The fourth-order valence-corrected chi connectivity index (χ4v) is 3.14. The van der Waals surface area contributed by atoms with Gasteiger partial charge in [-0.05, 0) is 36.5 Å². The van der Waals surface area contributed by atoms with Crippen LogP contribution in [0, 0.1) is 0 Å². The molecule has 1 unspecified atom stereocenters. The zero-order chi connectivity index (χ0) is 13.1. The Balaban J connectivity index is 1.72. The predicted molar refractivity (Wildman–Crippen MR) is 78.6 cm³/mol. The quantitative estimate of drug-likeness (QED) is 0.904. The van der Waals surface area contributed by atoms with E-state index in [-0.39, 0.29) is 0 Å². The van der Waals surface area contributed by atoms with Crippen LogP contribution in [0.25, 0.3) is 0 Å². The average molecular weight is 260 g/mol. The fourth-order valence-electron chi connectivity index (χ4n) is 3.14. The molecule has 1 aromatic carbocycles. The van der Waals surface area contributed by atoms with E-state index in [1.807, 2.05) is 0 Å². The molecule has 3 heteroatoms.